The van der Waals surface area contributed by atoms with Gasteiger partial charge in [0.25, 0.3) is 0 Å². The molecule has 1 aromatic carbocycles. The molecule has 2 N–H and O–H groups in total. The van der Waals surface area contributed by atoms with Crippen LogP contribution in [0.3, 0.4) is 0 Å². The summed E-state index contributed by atoms with van der Waals surface area (Å²) in [6.45, 7) is 2.56. The molecular formula is C16H22FNO3. The van der Waals surface area contributed by atoms with Gasteiger partial charge < -0.3 is 10.4 Å². The second-order valence-corrected chi connectivity index (χ2v) is 5.15. The first-order chi connectivity index (χ1) is 10.0. The van der Waals surface area contributed by atoms with Crippen LogP contribution in [-0.2, 0) is 16.0 Å². The van der Waals surface area contributed by atoms with E-state index >= 15 is 0 Å². The van der Waals surface area contributed by atoms with E-state index in [9.17, 15) is 14.0 Å². The second-order valence-electron chi connectivity index (χ2n) is 5.15. The number of hydrogen-bond acceptors (Lipinski definition) is 2. The Balaban J connectivity index is 2.25. The van der Waals surface area contributed by atoms with Crippen molar-refractivity contribution >= 4 is 11.9 Å². The molecule has 0 heterocycles. The summed E-state index contributed by atoms with van der Waals surface area (Å²) in [5.41, 5.74) is 0.770. The largest absolute Gasteiger partial charge is 0.481 e. The van der Waals surface area contributed by atoms with Crippen molar-refractivity contribution in [1.29, 1.82) is 0 Å². The highest BCUT2D eigenvalue weighted by atomic mass is 19.1. The minimum absolute atomic E-state index is 0.102. The van der Waals surface area contributed by atoms with Crippen LogP contribution in [-0.4, -0.2) is 23.5 Å². The molecule has 0 radical (unpaired) electrons. The van der Waals surface area contributed by atoms with E-state index < -0.39 is 5.97 Å². The monoisotopic (exact) mass is 295 g/mol. The lowest BCUT2D eigenvalue weighted by molar-refractivity contribution is -0.137. The Kier molecular flexibility index (Phi) is 7.43. The first kappa shape index (κ1) is 17.1. The first-order valence-electron chi connectivity index (χ1n) is 7.24. The fourth-order valence-corrected chi connectivity index (χ4v) is 2.15. The summed E-state index contributed by atoms with van der Waals surface area (Å²) in [4.78, 5) is 22.3. The number of carboxylic acids is 1. The fourth-order valence-electron chi connectivity index (χ4n) is 2.15. The second kappa shape index (κ2) is 9.10. The first-order valence-corrected chi connectivity index (χ1v) is 7.24. The van der Waals surface area contributed by atoms with Crippen molar-refractivity contribution < 1.29 is 19.1 Å². The van der Waals surface area contributed by atoms with Gasteiger partial charge in [-0.05, 0) is 36.5 Å². The van der Waals surface area contributed by atoms with Crippen molar-refractivity contribution in [3.05, 3.63) is 35.6 Å². The standard InChI is InChI=1S/C16H22FNO3/c1-2-12(5-8-16(20)21)9-10-18-15(19)11-13-3-6-14(17)7-4-13/h3-4,6-7,12H,2,5,8-11H2,1H3,(H,18,19)(H,20,21). The third kappa shape index (κ3) is 7.44. The van der Waals surface area contributed by atoms with Crippen LogP contribution in [0.1, 0.15) is 38.2 Å². The smallest absolute Gasteiger partial charge is 0.303 e. The normalized spacial score (nSPS) is 11.9. The topological polar surface area (TPSA) is 66.4 Å². The van der Waals surface area contributed by atoms with Gasteiger partial charge in [-0.15, -0.1) is 0 Å². The highest BCUT2D eigenvalue weighted by Crippen LogP contribution is 2.14. The molecule has 5 heteroatoms. The van der Waals surface area contributed by atoms with E-state index in [2.05, 4.69) is 5.32 Å². The van der Waals surface area contributed by atoms with Gasteiger partial charge in [0.2, 0.25) is 5.91 Å². The average molecular weight is 295 g/mol. The number of amides is 1. The lowest BCUT2D eigenvalue weighted by Crippen LogP contribution is -2.27. The molecule has 0 fully saturated rings. The lowest BCUT2D eigenvalue weighted by Gasteiger charge is -2.14. The highest BCUT2D eigenvalue weighted by Gasteiger charge is 2.10. The van der Waals surface area contributed by atoms with Gasteiger partial charge in [-0.1, -0.05) is 25.5 Å². The van der Waals surface area contributed by atoms with Gasteiger partial charge in [0.1, 0.15) is 5.82 Å². The van der Waals surface area contributed by atoms with Crippen LogP contribution in [0.5, 0.6) is 0 Å². The number of carbonyl (C=O) groups is 2. The van der Waals surface area contributed by atoms with Crippen LogP contribution >= 0.6 is 0 Å². The van der Waals surface area contributed by atoms with Gasteiger partial charge in [0, 0.05) is 13.0 Å². The molecule has 0 spiro atoms. The van der Waals surface area contributed by atoms with Gasteiger partial charge in [0.05, 0.1) is 6.42 Å². The van der Waals surface area contributed by atoms with E-state index in [0.29, 0.717) is 18.9 Å². The number of hydrogen-bond donors (Lipinski definition) is 2. The van der Waals surface area contributed by atoms with E-state index in [1.807, 2.05) is 6.92 Å². The summed E-state index contributed by atoms with van der Waals surface area (Å²) in [5.74, 6) is -0.890. The van der Waals surface area contributed by atoms with Crippen LogP contribution in [0.25, 0.3) is 0 Å². The maximum atomic E-state index is 12.7. The number of carbonyl (C=O) groups excluding carboxylic acids is 1. The van der Waals surface area contributed by atoms with Crippen LogP contribution in [0.4, 0.5) is 4.39 Å². The zero-order valence-corrected chi connectivity index (χ0v) is 12.3. The molecule has 1 atom stereocenters. The Morgan fingerprint density at radius 1 is 1.24 bits per heavy atom. The molecule has 116 valence electrons. The molecular weight excluding hydrogens is 273 g/mol. The van der Waals surface area contributed by atoms with Crippen molar-refractivity contribution in [3.8, 4) is 0 Å². The number of benzene rings is 1. The van der Waals surface area contributed by atoms with Crippen LogP contribution in [0.15, 0.2) is 24.3 Å². The van der Waals surface area contributed by atoms with Crippen molar-refractivity contribution in [2.24, 2.45) is 5.92 Å². The van der Waals surface area contributed by atoms with Crippen LogP contribution < -0.4 is 5.32 Å². The maximum Gasteiger partial charge on any atom is 0.303 e. The summed E-state index contributed by atoms with van der Waals surface area (Å²) in [6.07, 6.45) is 2.72. The molecule has 0 aliphatic rings. The summed E-state index contributed by atoms with van der Waals surface area (Å²) in [7, 11) is 0. The van der Waals surface area contributed by atoms with E-state index in [1.165, 1.54) is 12.1 Å². The number of aliphatic carboxylic acids is 1. The van der Waals surface area contributed by atoms with Crippen molar-refractivity contribution in [3.63, 3.8) is 0 Å². The summed E-state index contributed by atoms with van der Waals surface area (Å²) in [6, 6.07) is 5.86. The number of carboxylic acid groups (broad SMARTS) is 1. The molecule has 4 nitrogen and oxygen atoms in total. The quantitative estimate of drug-likeness (QED) is 0.736. The Labute approximate surface area is 124 Å². The minimum atomic E-state index is -0.784. The fraction of sp³-hybridized carbons (Fsp3) is 0.500. The molecule has 0 aliphatic heterocycles. The molecule has 1 rings (SSSR count). The van der Waals surface area contributed by atoms with Crippen LogP contribution in [0, 0.1) is 11.7 Å². The Bertz CT molecular complexity index is 459. The van der Waals surface area contributed by atoms with Crippen molar-refractivity contribution in [2.45, 2.75) is 39.0 Å². The third-order valence-electron chi connectivity index (χ3n) is 3.50. The lowest BCUT2D eigenvalue weighted by atomic mass is 9.96. The van der Waals surface area contributed by atoms with Crippen molar-refractivity contribution in [1.82, 2.24) is 5.32 Å². The molecule has 1 amide bonds. The maximum absolute atomic E-state index is 12.7. The number of rotatable bonds is 9. The van der Waals surface area contributed by atoms with E-state index in [1.54, 1.807) is 12.1 Å². The molecule has 1 unspecified atom stereocenters. The molecule has 0 aromatic heterocycles. The van der Waals surface area contributed by atoms with Gasteiger partial charge >= 0.3 is 5.97 Å². The summed E-state index contributed by atoms with van der Waals surface area (Å²) < 4.78 is 12.7. The SMILES string of the molecule is CCC(CCNC(=O)Cc1ccc(F)cc1)CCC(=O)O. The van der Waals surface area contributed by atoms with Crippen LogP contribution in [0.2, 0.25) is 0 Å². The molecule has 0 bridgehead atoms. The van der Waals surface area contributed by atoms with E-state index in [4.69, 9.17) is 5.11 Å². The Morgan fingerprint density at radius 3 is 2.48 bits per heavy atom. The van der Waals surface area contributed by atoms with Crippen molar-refractivity contribution in [2.75, 3.05) is 6.54 Å². The van der Waals surface area contributed by atoms with Gasteiger partial charge in [0.15, 0.2) is 0 Å². The number of halogens is 1. The Hall–Kier alpha value is -1.91. The van der Waals surface area contributed by atoms with E-state index in [0.717, 1.165) is 18.4 Å². The molecule has 21 heavy (non-hydrogen) atoms. The zero-order valence-electron chi connectivity index (χ0n) is 12.3. The molecule has 0 saturated carbocycles. The minimum Gasteiger partial charge on any atom is -0.481 e. The molecule has 1 aromatic rings. The predicted octanol–water partition coefficient (Wildman–Crippen LogP) is 2.77. The average Bonchev–Trinajstić information content (AvgIpc) is 2.45. The highest BCUT2D eigenvalue weighted by molar-refractivity contribution is 5.78. The zero-order chi connectivity index (χ0) is 15.7. The molecule has 0 saturated heterocycles. The van der Waals surface area contributed by atoms with E-state index in [-0.39, 0.29) is 24.6 Å². The number of nitrogens with one attached hydrogen (secondary N) is 1. The molecule has 0 aliphatic carbocycles. The van der Waals surface area contributed by atoms with Gasteiger partial charge in [-0.25, -0.2) is 4.39 Å². The van der Waals surface area contributed by atoms with Gasteiger partial charge in [-0.2, -0.15) is 0 Å². The summed E-state index contributed by atoms with van der Waals surface area (Å²) in [5, 5.41) is 11.5. The Morgan fingerprint density at radius 2 is 1.90 bits per heavy atom. The summed E-state index contributed by atoms with van der Waals surface area (Å²) >= 11 is 0. The predicted molar refractivity (Wildman–Crippen MR) is 78.4 cm³/mol. The third-order valence-corrected chi connectivity index (χ3v) is 3.50. The van der Waals surface area contributed by atoms with Gasteiger partial charge in [-0.3, -0.25) is 9.59 Å².